The van der Waals surface area contributed by atoms with Gasteiger partial charge in [-0.1, -0.05) is 0 Å². The lowest BCUT2D eigenvalue weighted by Crippen LogP contribution is -2.50. The zero-order chi connectivity index (χ0) is 8.43. The molecule has 0 N–H and O–H groups in total. The van der Waals surface area contributed by atoms with Crippen LogP contribution in [0.5, 0.6) is 0 Å². The molecule has 11 heavy (non-hydrogen) atoms. The normalized spacial score (nSPS) is 32.1. The first kappa shape index (κ1) is 9.12. The van der Waals surface area contributed by atoms with Gasteiger partial charge in [0.2, 0.25) is 0 Å². The predicted octanol–water partition coefficient (Wildman–Crippen LogP) is -0.584. The minimum absolute atomic E-state index is 0.335. The van der Waals surface area contributed by atoms with Gasteiger partial charge in [-0.05, 0) is 14.0 Å². The Morgan fingerprint density at radius 2 is 2.18 bits per heavy atom. The average Bonchev–Trinajstić information content (AvgIpc) is 1.94. The van der Waals surface area contributed by atoms with Crippen LogP contribution in [0.2, 0.25) is 0 Å². The first-order valence-electron chi connectivity index (χ1n) is 3.66. The van der Waals surface area contributed by atoms with Gasteiger partial charge in [0.05, 0.1) is 0 Å². The molecule has 0 aromatic rings. The molecule has 2 atom stereocenters. The largest absolute Gasteiger partial charge is 0.760 e. The van der Waals surface area contributed by atoms with Crippen molar-refractivity contribution >= 4 is 11.3 Å². The van der Waals surface area contributed by atoms with E-state index in [4.69, 9.17) is 0 Å². The minimum atomic E-state index is -2.03. The van der Waals surface area contributed by atoms with Gasteiger partial charge in [0, 0.05) is 36.9 Å². The molecule has 0 saturated carbocycles. The summed E-state index contributed by atoms with van der Waals surface area (Å²) in [4.78, 5) is 2.16. The van der Waals surface area contributed by atoms with Gasteiger partial charge in [-0.2, -0.15) is 0 Å². The Labute approximate surface area is 69.6 Å². The second-order valence-electron chi connectivity index (χ2n) is 2.93. The third-order valence-corrected chi connectivity index (χ3v) is 2.89. The van der Waals surface area contributed by atoms with E-state index in [0.29, 0.717) is 19.1 Å². The number of piperazine rings is 1. The summed E-state index contributed by atoms with van der Waals surface area (Å²) in [6.45, 7) is 4.09. The number of likely N-dealkylation sites (N-methyl/N-ethyl adjacent to an activating group) is 1. The molecule has 1 heterocycles. The van der Waals surface area contributed by atoms with Crippen molar-refractivity contribution < 1.29 is 8.76 Å². The maximum absolute atomic E-state index is 10.5. The number of hydrogen-bond acceptors (Lipinski definition) is 3. The van der Waals surface area contributed by atoms with Crippen LogP contribution in [0.3, 0.4) is 0 Å². The maximum Gasteiger partial charge on any atom is 0.0256 e. The summed E-state index contributed by atoms with van der Waals surface area (Å²) in [6, 6.07) is 0.335. The van der Waals surface area contributed by atoms with Crippen LogP contribution in [-0.4, -0.2) is 50.7 Å². The Morgan fingerprint density at radius 3 is 2.64 bits per heavy atom. The number of hydrogen-bond donors (Lipinski definition) is 0. The Morgan fingerprint density at radius 1 is 1.55 bits per heavy atom. The van der Waals surface area contributed by atoms with Crippen molar-refractivity contribution in [2.24, 2.45) is 0 Å². The fraction of sp³-hybridized carbons (Fsp3) is 1.00. The van der Waals surface area contributed by atoms with Crippen LogP contribution in [0, 0.1) is 0 Å². The van der Waals surface area contributed by atoms with Crippen molar-refractivity contribution in [3.05, 3.63) is 0 Å². The van der Waals surface area contributed by atoms with E-state index in [1.807, 2.05) is 14.0 Å². The summed E-state index contributed by atoms with van der Waals surface area (Å²) in [5, 5.41) is 0. The first-order chi connectivity index (χ1) is 5.11. The minimum Gasteiger partial charge on any atom is -0.760 e. The smallest absolute Gasteiger partial charge is 0.0256 e. The molecule has 0 radical (unpaired) electrons. The zero-order valence-corrected chi connectivity index (χ0v) is 7.63. The molecule has 1 aliphatic heterocycles. The summed E-state index contributed by atoms with van der Waals surface area (Å²) in [6.07, 6.45) is 0. The van der Waals surface area contributed by atoms with Crippen molar-refractivity contribution in [3.63, 3.8) is 0 Å². The highest BCUT2D eigenvalue weighted by Gasteiger charge is 2.20. The fourth-order valence-electron chi connectivity index (χ4n) is 1.15. The molecule has 0 aromatic heterocycles. The quantitative estimate of drug-likeness (QED) is 0.503. The third-order valence-electron chi connectivity index (χ3n) is 2.13. The van der Waals surface area contributed by atoms with Crippen molar-refractivity contribution in [1.29, 1.82) is 0 Å². The highest BCUT2D eigenvalue weighted by atomic mass is 32.2. The molecule has 66 valence electrons. The van der Waals surface area contributed by atoms with Crippen LogP contribution in [0.15, 0.2) is 0 Å². The van der Waals surface area contributed by atoms with Crippen molar-refractivity contribution in [2.75, 3.05) is 26.7 Å². The lowest BCUT2D eigenvalue weighted by atomic mass is 10.2. The van der Waals surface area contributed by atoms with Gasteiger partial charge in [0.25, 0.3) is 0 Å². The van der Waals surface area contributed by atoms with E-state index >= 15 is 0 Å². The Hall–Kier alpha value is 0.0300. The Balaban J connectivity index is 2.46. The van der Waals surface area contributed by atoms with E-state index < -0.39 is 11.3 Å². The lowest BCUT2D eigenvalue weighted by Gasteiger charge is -2.37. The van der Waals surface area contributed by atoms with E-state index in [-0.39, 0.29) is 0 Å². The topological polar surface area (TPSA) is 46.6 Å². The molecule has 0 spiro atoms. The molecule has 0 aromatic carbocycles. The molecule has 1 aliphatic rings. The summed E-state index contributed by atoms with van der Waals surface area (Å²) in [7, 11) is 2.01. The van der Waals surface area contributed by atoms with Crippen LogP contribution in [0.25, 0.3) is 0 Å². The summed E-state index contributed by atoms with van der Waals surface area (Å²) < 4.78 is 22.5. The van der Waals surface area contributed by atoms with E-state index in [1.54, 1.807) is 0 Å². The van der Waals surface area contributed by atoms with E-state index in [2.05, 4.69) is 4.90 Å². The fourth-order valence-corrected chi connectivity index (χ4v) is 1.72. The van der Waals surface area contributed by atoms with Crippen molar-refractivity contribution in [2.45, 2.75) is 13.0 Å². The van der Waals surface area contributed by atoms with Crippen molar-refractivity contribution in [1.82, 2.24) is 9.21 Å². The van der Waals surface area contributed by atoms with E-state index in [9.17, 15) is 8.76 Å². The maximum atomic E-state index is 10.5. The van der Waals surface area contributed by atoms with Gasteiger partial charge >= 0.3 is 0 Å². The van der Waals surface area contributed by atoms with Gasteiger partial charge in [-0.3, -0.25) is 4.21 Å². The van der Waals surface area contributed by atoms with Crippen LogP contribution in [0.4, 0.5) is 0 Å². The molecular formula is C6H13N2O2S-. The molecule has 0 aliphatic carbocycles. The molecule has 1 rings (SSSR count). The zero-order valence-electron chi connectivity index (χ0n) is 6.82. The van der Waals surface area contributed by atoms with Crippen LogP contribution in [0.1, 0.15) is 6.92 Å². The molecule has 5 heteroatoms. The Kier molecular flexibility index (Phi) is 3.00. The molecule has 1 fully saturated rings. The molecule has 0 amide bonds. The predicted molar refractivity (Wildman–Crippen MR) is 42.6 cm³/mol. The highest BCUT2D eigenvalue weighted by Crippen LogP contribution is 2.07. The third kappa shape index (κ3) is 2.23. The molecule has 0 bridgehead atoms. The van der Waals surface area contributed by atoms with E-state index in [1.165, 1.54) is 4.31 Å². The summed E-state index contributed by atoms with van der Waals surface area (Å²) in [5.41, 5.74) is 0. The highest BCUT2D eigenvalue weighted by molar-refractivity contribution is 7.76. The van der Waals surface area contributed by atoms with Crippen molar-refractivity contribution in [3.8, 4) is 0 Å². The van der Waals surface area contributed by atoms with Gasteiger partial charge in [0.1, 0.15) is 0 Å². The number of rotatable bonds is 1. The van der Waals surface area contributed by atoms with Gasteiger partial charge < -0.3 is 9.45 Å². The first-order valence-corrected chi connectivity index (χ1v) is 4.69. The van der Waals surface area contributed by atoms with Gasteiger partial charge in [-0.15, -0.1) is 0 Å². The lowest BCUT2D eigenvalue weighted by molar-refractivity contribution is 0.157. The summed E-state index contributed by atoms with van der Waals surface area (Å²) >= 11 is -2.03. The van der Waals surface area contributed by atoms with Crippen LogP contribution >= 0.6 is 0 Å². The van der Waals surface area contributed by atoms with Gasteiger partial charge in [-0.25, -0.2) is 4.31 Å². The second kappa shape index (κ2) is 3.62. The molecule has 4 nitrogen and oxygen atoms in total. The monoisotopic (exact) mass is 177 g/mol. The Bertz CT molecular complexity index is 165. The number of nitrogens with zero attached hydrogens (tertiary/aromatic N) is 2. The van der Waals surface area contributed by atoms with Crippen LogP contribution < -0.4 is 0 Å². The van der Waals surface area contributed by atoms with Gasteiger partial charge in [0.15, 0.2) is 0 Å². The molecule has 1 saturated heterocycles. The second-order valence-corrected chi connectivity index (χ2v) is 3.89. The SMILES string of the molecule is CC1CN(S(=O)[O-])CCN1C. The summed E-state index contributed by atoms with van der Waals surface area (Å²) in [5.74, 6) is 0. The standard InChI is InChI=1S/C6H14N2O2S/c1-6-5-8(11(9)10)4-3-7(6)2/h6H,3-5H2,1-2H3,(H,9,10)/p-1. The van der Waals surface area contributed by atoms with Crippen LogP contribution in [-0.2, 0) is 11.3 Å². The molecule has 2 unspecified atom stereocenters. The molecular weight excluding hydrogens is 164 g/mol. The average molecular weight is 177 g/mol. The van der Waals surface area contributed by atoms with E-state index in [0.717, 1.165) is 6.54 Å².